The zero-order valence-corrected chi connectivity index (χ0v) is 9.28. The summed E-state index contributed by atoms with van der Waals surface area (Å²) in [4.78, 5) is 0. The minimum Gasteiger partial charge on any atom is -0.396 e. The molecule has 0 bridgehead atoms. The molecule has 96 valence electrons. The van der Waals surface area contributed by atoms with Crippen molar-refractivity contribution in [2.75, 3.05) is 19.8 Å². The molecule has 0 heterocycles. The number of aliphatic hydroxyl groups is 1. The first-order valence-corrected chi connectivity index (χ1v) is 5.30. The van der Waals surface area contributed by atoms with E-state index >= 15 is 0 Å². The summed E-state index contributed by atoms with van der Waals surface area (Å²) in [6.45, 7) is -1.55. The van der Waals surface area contributed by atoms with Gasteiger partial charge in [0.05, 0.1) is 6.61 Å². The highest BCUT2D eigenvalue weighted by atomic mass is 19.4. The molecule has 5 heteroatoms. The summed E-state index contributed by atoms with van der Waals surface area (Å²) in [6, 6.07) is 9.29. The molecule has 0 radical (unpaired) electrons. The number of hydrogen-bond donors (Lipinski definition) is 1. The average Bonchev–Trinajstić information content (AvgIpc) is 2.27. The van der Waals surface area contributed by atoms with E-state index in [1.165, 1.54) is 0 Å². The zero-order chi connectivity index (χ0) is 12.7. The Morgan fingerprint density at radius 2 is 1.82 bits per heavy atom. The second-order valence-corrected chi connectivity index (χ2v) is 3.87. The van der Waals surface area contributed by atoms with Crippen molar-refractivity contribution in [2.24, 2.45) is 5.92 Å². The van der Waals surface area contributed by atoms with Crippen molar-refractivity contribution >= 4 is 0 Å². The summed E-state index contributed by atoms with van der Waals surface area (Å²) in [5.41, 5.74) is 0.974. The molecule has 1 rings (SSSR count). The van der Waals surface area contributed by atoms with Crippen LogP contribution in [-0.4, -0.2) is 31.1 Å². The summed E-state index contributed by atoms with van der Waals surface area (Å²) >= 11 is 0. The van der Waals surface area contributed by atoms with Crippen LogP contribution >= 0.6 is 0 Å². The Balaban J connectivity index is 2.34. The summed E-state index contributed by atoms with van der Waals surface area (Å²) in [5, 5.41) is 9.06. The smallest absolute Gasteiger partial charge is 0.396 e. The first-order valence-electron chi connectivity index (χ1n) is 5.30. The van der Waals surface area contributed by atoms with E-state index in [9.17, 15) is 13.2 Å². The van der Waals surface area contributed by atoms with E-state index in [0.717, 1.165) is 5.56 Å². The number of ether oxygens (including phenoxy) is 1. The van der Waals surface area contributed by atoms with Gasteiger partial charge in [0.2, 0.25) is 0 Å². The van der Waals surface area contributed by atoms with Crippen LogP contribution in [0.1, 0.15) is 5.56 Å². The molecule has 0 aromatic heterocycles. The average molecular weight is 248 g/mol. The first kappa shape index (κ1) is 14.0. The van der Waals surface area contributed by atoms with Crippen LogP contribution in [0, 0.1) is 5.92 Å². The fourth-order valence-electron chi connectivity index (χ4n) is 1.46. The number of halogens is 3. The van der Waals surface area contributed by atoms with Gasteiger partial charge in [-0.2, -0.15) is 13.2 Å². The quantitative estimate of drug-likeness (QED) is 0.837. The molecule has 1 atom stereocenters. The molecular formula is C12H15F3O2. The first-order chi connectivity index (χ1) is 8.01. The van der Waals surface area contributed by atoms with Gasteiger partial charge in [0.25, 0.3) is 0 Å². The van der Waals surface area contributed by atoms with Crippen molar-refractivity contribution in [1.29, 1.82) is 0 Å². The Kier molecular flexibility index (Phi) is 5.44. The number of rotatable bonds is 6. The molecule has 1 aromatic rings. The topological polar surface area (TPSA) is 29.5 Å². The molecule has 0 aliphatic carbocycles. The lowest BCUT2D eigenvalue weighted by Crippen LogP contribution is -2.23. The fourth-order valence-corrected chi connectivity index (χ4v) is 1.46. The van der Waals surface area contributed by atoms with Gasteiger partial charge in [0, 0.05) is 12.5 Å². The molecule has 0 spiro atoms. The Hall–Kier alpha value is -1.07. The molecule has 0 aliphatic heterocycles. The third-order valence-electron chi connectivity index (χ3n) is 2.24. The number of benzene rings is 1. The van der Waals surface area contributed by atoms with Crippen LogP contribution in [0.15, 0.2) is 30.3 Å². The van der Waals surface area contributed by atoms with Crippen LogP contribution in [-0.2, 0) is 11.2 Å². The van der Waals surface area contributed by atoms with Crippen LogP contribution < -0.4 is 0 Å². The summed E-state index contributed by atoms with van der Waals surface area (Å²) in [6.07, 6.45) is -3.80. The van der Waals surface area contributed by atoms with E-state index in [-0.39, 0.29) is 19.1 Å². The zero-order valence-electron chi connectivity index (χ0n) is 9.28. The van der Waals surface area contributed by atoms with Gasteiger partial charge in [-0.25, -0.2) is 0 Å². The molecule has 1 aromatic carbocycles. The van der Waals surface area contributed by atoms with E-state index in [1.807, 2.05) is 30.3 Å². The van der Waals surface area contributed by atoms with Crippen LogP contribution in [0.25, 0.3) is 0 Å². The van der Waals surface area contributed by atoms with Gasteiger partial charge in [0.1, 0.15) is 6.61 Å². The third kappa shape index (κ3) is 6.28. The molecule has 2 nitrogen and oxygen atoms in total. The van der Waals surface area contributed by atoms with Gasteiger partial charge in [-0.1, -0.05) is 30.3 Å². The van der Waals surface area contributed by atoms with Crippen LogP contribution in [0.2, 0.25) is 0 Å². The molecule has 0 aliphatic rings. The summed E-state index contributed by atoms with van der Waals surface area (Å²) in [5.74, 6) is -0.306. The fraction of sp³-hybridized carbons (Fsp3) is 0.500. The molecule has 0 amide bonds. The van der Waals surface area contributed by atoms with Gasteiger partial charge in [-0.05, 0) is 12.0 Å². The largest absolute Gasteiger partial charge is 0.411 e. The Morgan fingerprint density at radius 1 is 1.18 bits per heavy atom. The van der Waals surface area contributed by atoms with Gasteiger partial charge < -0.3 is 9.84 Å². The highest BCUT2D eigenvalue weighted by Gasteiger charge is 2.27. The second kappa shape index (κ2) is 6.61. The van der Waals surface area contributed by atoms with Crippen molar-refractivity contribution < 1.29 is 23.0 Å². The third-order valence-corrected chi connectivity index (χ3v) is 2.24. The van der Waals surface area contributed by atoms with E-state index < -0.39 is 12.8 Å². The summed E-state index contributed by atoms with van der Waals surface area (Å²) in [7, 11) is 0. The van der Waals surface area contributed by atoms with Crippen molar-refractivity contribution in [3.05, 3.63) is 35.9 Å². The minimum absolute atomic E-state index is 0.0924. The standard InChI is InChI=1S/C12H15F3O2/c13-12(14,15)9-17-8-11(7-16)6-10-4-2-1-3-5-10/h1-5,11,16H,6-9H2. The monoisotopic (exact) mass is 248 g/mol. The maximum atomic E-state index is 11.8. The highest BCUT2D eigenvalue weighted by molar-refractivity contribution is 5.15. The maximum absolute atomic E-state index is 11.8. The lowest BCUT2D eigenvalue weighted by Gasteiger charge is -2.15. The van der Waals surface area contributed by atoms with E-state index in [2.05, 4.69) is 4.74 Å². The Morgan fingerprint density at radius 3 is 2.35 bits per heavy atom. The molecule has 1 unspecified atom stereocenters. The molecule has 1 N–H and O–H groups in total. The Bertz CT molecular complexity index is 311. The maximum Gasteiger partial charge on any atom is 0.411 e. The molecule has 0 saturated carbocycles. The molecular weight excluding hydrogens is 233 g/mol. The van der Waals surface area contributed by atoms with Gasteiger partial charge in [-0.15, -0.1) is 0 Å². The highest BCUT2D eigenvalue weighted by Crippen LogP contribution is 2.16. The second-order valence-electron chi connectivity index (χ2n) is 3.87. The van der Waals surface area contributed by atoms with Crippen molar-refractivity contribution in [1.82, 2.24) is 0 Å². The summed E-state index contributed by atoms with van der Waals surface area (Å²) < 4.78 is 40.1. The van der Waals surface area contributed by atoms with Crippen LogP contribution in [0.5, 0.6) is 0 Å². The van der Waals surface area contributed by atoms with Crippen molar-refractivity contribution in [3.63, 3.8) is 0 Å². The predicted octanol–water partition coefficient (Wildman–Crippen LogP) is 2.42. The van der Waals surface area contributed by atoms with E-state index in [4.69, 9.17) is 5.11 Å². The molecule has 0 fully saturated rings. The number of hydrogen-bond acceptors (Lipinski definition) is 2. The van der Waals surface area contributed by atoms with Crippen molar-refractivity contribution in [3.8, 4) is 0 Å². The lowest BCUT2D eigenvalue weighted by atomic mass is 10.0. The molecule has 0 saturated heterocycles. The lowest BCUT2D eigenvalue weighted by molar-refractivity contribution is -0.177. The van der Waals surface area contributed by atoms with Gasteiger partial charge >= 0.3 is 6.18 Å². The Labute approximate surface area is 98.0 Å². The molecule has 17 heavy (non-hydrogen) atoms. The van der Waals surface area contributed by atoms with Gasteiger partial charge in [0.15, 0.2) is 0 Å². The normalized spacial score (nSPS) is 13.6. The van der Waals surface area contributed by atoms with Crippen LogP contribution in [0.4, 0.5) is 13.2 Å². The van der Waals surface area contributed by atoms with E-state index in [0.29, 0.717) is 6.42 Å². The minimum atomic E-state index is -4.31. The van der Waals surface area contributed by atoms with E-state index in [1.54, 1.807) is 0 Å². The van der Waals surface area contributed by atoms with Gasteiger partial charge in [-0.3, -0.25) is 0 Å². The predicted molar refractivity (Wildman–Crippen MR) is 57.6 cm³/mol. The number of aliphatic hydroxyl groups excluding tert-OH is 1. The SMILES string of the molecule is OCC(COCC(F)(F)F)Cc1ccccc1. The van der Waals surface area contributed by atoms with Crippen molar-refractivity contribution in [2.45, 2.75) is 12.6 Å². The number of alkyl halides is 3. The van der Waals surface area contributed by atoms with Crippen LogP contribution in [0.3, 0.4) is 0 Å².